The summed E-state index contributed by atoms with van der Waals surface area (Å²) in [4.78, 5) is 23.0. The van der Waals surface area contributed by atoms with Gasteiger partial charge in [0.1, 0.15) is 5.75 Å². The summed E-state index contributed by atoms with van der Waals surface area (Å²) < 4.78 is 0. The SMILES string of the molecule is O=c1[nH]c(/C(Cl)=C/c2ccc(O)cn2)nc2ccc(Cl)cc12. The van der Waals surface area contributed by atoms with E-state index in [1.165, 1.54) is 12.3 Å². The number of hydrogen-bond acceptors (Lipinski definition) is 4. The lowest BCUT2D eigenvalue weighted by atomic mass is 10.2. The van der Waals surface area contributed by atoms with Crippen molar-refractivity contribution in [2.75, 3.05) is 0 Å². The summed E-state index contributed by atoms with van der Waals surface area (Å²) in [6.45, 7) is 0. The van der Waals surface area contributed by atoms with E-state index in [4.69, 9.17) is 23.2 Å². The number of nitrogens with one attached hydrogen (secondary N) is 1. The molecule has 0 saturated carbocycles. The molecular weight excluding hydrogens is 325 g/mol. The lowest BCUT2D eigenvalue weighted by Gasteiger charge is -2.02. The van der Waals surface area contributed by atoms with Gasteiger partial charge in [0.25, 0.3) is 5.56 Å². The summed E-state index contributed by atoms with van der Waals surface area (Å²) in [6, 6.07) is 7.93. The summed E-state index contributed by atoms with van der Waals surface area (Å²) in [6.07, 6.45) is 2.84. The van der Waals surface area contributed by atoms with Gasteiger partial charge in [-0.1, -0.05) is 23.2 Å². The minimum atomic E-state index is -0.326. The van der Waals surface area contributed by atoms with Gasteiger partial charge >= 0.3 is 0 Å². The zero-order valence-electron chi connectivity index (χ0n) is 11.0. The van der Waals surface area contributed by atoms with Crippen molar-refractivity contribution < 1.29 is 5.11 Å². The summed E-state index contributed by atoms with van der Waals surface area (Å²) in [7, 11) is 0. The van der Waals surface area contributed by atoms with Crippen LogP contribution in [-0.4, -0.2) is 20.1 Å². The van der Waals surface area contributed by atoms with Crippen molar-refractivity contribution in [3.63, 3.8) is 0 Å². The van der Waals surface area contributed by atoms with E-state index in [0.717, 1.165) is 0 Å². The van der Waals surface area contributed by atoms with Gasteiger partial charge in [0, 0.05) is 5.02 Å². The van der Waals surface area contributed by atoms with Gasteiger partial charge in [-0.25, -0.2) is 4.98 Å². The Morgan fingerprint density at radius 3 is 2.82 bits per heavy atom. The predicted octanol–water partition coefficient (Wildman–Crippen LogP) is 3.41. The largest absolute Gasteiger partial charge is 0.506 e. The fourth-order valence-electron chi connectivity index (χ4n) is 1.91. The number of aromatic nitrogens is 3. The molecule has 0 bridgehead atoms. The summed E-state index contributed by atoms with van der Waals surface area (Å²) >= 11 is 12.1. The zero-order chi connectivity index (χ0) is 15.7. The highest BCUT2D eigenvalue weighted by Crippen LogP contribution is 2.21. The van der Waals surface area contributed by atoms with Gasteiger partial charge in [0.15, 0.2) is 5.82 Å². The van der Waals surface area contributed by atoms with Crippen LogP contribution in [0.5, 0.6) is 5.75 Å². The highest BCUT2D eigenvalue weighted by atomic mass is 35.5. The zero-order valence-corrected chi connectivity index (χ0v) is 12.6. The van der Waals surface area contributed by atoms with Crippen LogP contribution in [-0.2, 0) is 0 Å². The molecular formula is C15H9Cl2N3O2. The average Bonchev–Trinajstić information content (AvgIpc) is 2.50. The van der Waals surface area contributed by atoms with Gasteiger partial charge in [-0.15, -0.1) is 0 Å². The van der Waals surface area contributed by atoms with Crippen molar-refractivity contribution in [2.24, 2.45) is 0 Å². The molecule has 22 heavy (non-hydrogen) atoms. The normalized spacial score (nSPS) is 11.8. The third-order valence-electron chi connectivity index (χ3n) is 2.94. The number of fused-ring (bicyclic) bond motifs is 1. The van der Waals surface area contributed by atoms with E-state index in [-0.39, 0.29) is 22.2 Å². The fourth-order valence-corrected chi connectivity index (χ4v) is 2.28. The highest BCUT2D eigenvalue weighted by Gasteiger charge is 2.07. The molecule has 7 heteroatoms. The van der Waals surface area contributed by atoms with Crippen LogP contribution < -0.4 is 5.56 Å². The maximum Gasteiger partial charge on any atom is 0.259 e. The predicted molar refractivity (Wildman–Crippen MR) is 87.0 cm³/mol. The van der Waals surface area contributed by atoms with Gasteiger partial charge in [-0.3, -0.25) is 9.78 Å². The molecule has 3 aromatic rings. The molecule has 0 aliphatic carbocycles. The molecule has 0 aliphatic rings. The lowest BCUT2D eigenvalue weighted by molar-refractivity contribution is 0.472. The molecule has 110 valence electrons. The Labute approximate surface area is 134 Å². The topological polar surface area (TPSA) is 78.9 Å². The fraction of sp³-hybridized carbons (Fsp3) is 0. The molecule has 5 nitrogen and oxygen atoms in total. The first-order chi connectivity index (χ1) is 10.5. The van der Waals surface area contributed by atoms with Crippen LogP contribution >= 0.6 is 23.2 Å². The Morgan fingerprint density at radius 1 is 1.27 bits per heavy atom. The summed E-state index contributed by atoms with van der Waals surface area (Å²) in [5.41, 5.74) is 0.697. The molecule has 0 unspecified atom stereocenters. The van der Waals surface area contributed by atoms with Gasteiger partial charge in [-0.2, -0.15) is 0 Å². The minimum Gasteiger partial charge on any atom is -0.506 e. The van der Waals surface area contributed by atoms with Gasteiger partial charge in [0.2, 0.25) is 0 Å². The second-order valence-corrected chi connectivity index (χ2v) is 5.35. The number of H-pyrrole nitrogens is 1. The van der Waals surface area contributed by atoms with E-state index in [0.29, 0.717) is 21.6 Å². The standard InChI is InChI=1S/C15H9Cl2N3O2/c16-8-1-4-13-11(5-8)15(22)20-14(19-13)12(17)6-9-2-3-10(21)7-18-9/h1-7,21H,(H,19,20,22)/b12-6-. The van der Waals surface area contributed by atoms with Gasteiger partial charge < -0.3 is 10.1 Å². The molecule has 0 fully saturated rings. The number of hydrogen-bond donors (Lipinski definition) is 2. The first kappa shape index (κ1) is 14.6. The number of pyridine rings is 1. The Bertz CT molecular complexity index is 934. The molecule has 2 N–H and O–H groups in total. The summed E-state index contributed by atoms with van der Waals surface area (Å²) in [5.74, 6) is 0.291. The highest BCUT2D eigenvalue weighted by molar-refractivity contribution is 6.50. The monoisotopic (exact) mass is 333 g/mol. The van der Waals surface area contributed by atoms with Crippen LogP contribution in [0.1, 0.15) is 11.5 Å². The van der Waals surface area contributed by atoms with Crippen molar-refractivity contribution in [1.82, 2.24) is 15.0 Å². The molecule has 0 saturated heterocycles. The maximum atomic E-state index is 12.1. The Kier molecular flexibility index (Phi) is 3.83. The third kappa shape index (κ3) is 2.95. The van der Waals surface area contributed by atoms with E-state index >= 15 is 0 Å². The van der Waals surface area contributed by atoms with Crippen molar-refractivity contribution in [3.05, 3.63) is 63.4 Å². The first-order valence-electron chi connectivity index (χ1n) is 6.25. The van der Waals surface area contributed by atoms with Crippen molar-refractivity contribution in [1.29, 1.82) is 0 Å². The van der Waals surface area contributed by atoms with Crippen molar-refractivity contribution >= 4 is 45.2 Å². The Hall–Kier alpha value is -2.37. The van der Waals surface area contributed by atoms with Gasteiger partial charge in [-0.05, 0) is 36.4 Å². The Morgan fingerprint density at radius 2 is 2.09 bits per heavy atom. The van der Waals surface area contributed by atoms with E-state index in [1.807, 2.05) is 0 Å². The smallest absolute Gasteiger partial charge is 0.259 e. The Balaban J connectivity index is 2.07. The number of aromatic hydroxyl groups is 1. The number of aromatic amines is 1. The third-order valence-corrected chi connectivity index (χ3v) is 3.46. The number of nitrogens with zero attached hydrogens (tertiary/aromatic N) is 2. The van der Waals surface area contributed by atoms with Crippen molar-refractivity contribution in [3.8, 4) is 5.75 Å². The number of halogens is 2. The molecule has 3 rings (SSSR count). The van der Waals surface area contributed by atoms with Crippen LogP contribution in [0.2, 0.25) is 5.02 Å². The van der Waals surface area contributed by atoms with E-state index in [9.17, 15) is 9.90 Å². The molecule has 2 aromatic heterocycles. The molecule has 0 radical (unpaired) electrons. The van der Waals surface area contributed by atoms with Crippen LogP contribution in [0, 0.1) is 0 Å². The van der Waals surface area contributed by atoms with E-state index < -0.39 is 0 Å². The van der Waals surface area contributed by atoms with Crippen LogP contribution in [0.25, 0.3) is 22.0 Å². The van der Waals surface area contributed by atoms with E-state index in [1.54, 1.807) is 30.3 Å². The van der Waals surface area contributed by atoms with Crippen LogP contribution in [0.3, 0.4) is 0 Å². The second kappa shape index (κ2) is 5.79. The van der Waals surface area contributed by atoms with Gasteiger partial charge in [0.05, 0.1) is 27.8 Å². The number of rotatable bonds is 2. The van der Waals surface area contributed by atoms with Crippen molar-refractivity contribution in [2.45, 2.75) is 0 Å². The molecule has 2 heterocycles. The quantitative estimate of drug-likeness (QED) is 0.753. The lowest BCUT2D eigenvalue weighted by Crippen LogP contribution is -2.10. The second-order valence-electron chi connectivity index (χ2n) is 4.51. The summed E-state index contributed by atoms with van der Waals surface area (Å²) in [5, 5.41) is 10.3. The number of benzene rings is 1. The molecule has 0 amide bonds. The average molecular weight is 334 g/mol. The van der Waals surface area contributed by atoms with Crippen LogP contribution in [0.15, 0.2) is 41.3 Å². The molecule has 1 aromatic carbocycles. The minimum absolute atomic E-state index is 0.0578. The molecule has 0 aliphatic heterocycles. The van der Waals surface area contributed by atoms with E-state index in [2.05, 4.69) is 15.0 Å². The maximum absolute atomic E-state index is 12.1. The molecule has 0 spiro atoms. The van der Waals surface area contributed by atoms with Crippen LogP contribution in [0.4, 0.5) is 0 Å². The molecule has 0 atom stereocenters. The first-order valence-corrected chi connectivity index (χ1v) is 7.01.